The lowest BCUT2D eigenvalue weighted by Gasteiger charge is -2.32. The largest absolute Gasteiger partial charge is 0.494 e. The minimum absolute atomic E-state index is 0.0859. The number of nitrogens with one attached hydrogen (secondary N) is 2. The van der Waals surface area contributed by atoms with Crippen LogP contribution >= 0.6 is 0 Å². The monoisotopic (exact) mass is 636 g/mol. The maximum absolute atomic E-state index is 13.9. The van der Waals surface area contributed by atoms with Gasteiger partial charge in [0.05, 0.1) is 35.4 Å². The predicted octanol–water partition coefficient (Wildman–Crippen LogP) is 5.62. The number of amides is 2. The molecule has 8 rings (SSSR count). The Morgan fingerprint density at radius 3 is 2.53 bits per heavy atom. The number of alkyl carbamates (subject to hydrolysis) is 1. The van der Waals surface area contributed by atoms with Crippen LogP contribution in [-0.2, 0) is 25.4 Å². The minimum Gasteiger partial charge on any atom is -0.488 e. The Morgan fingerprint density at radius 2 is 1.81 bits per heavy atom. The average molecular weight is 637 g/mol. The molecule has 3 aromatic carbocycles. The normalized spacial score (nSPS) is 24.1. The fourth-order valence-corrected chi connectivity index (χ4v) is 7.48. The van der Waals surface area contributed by atoms with Crippen LogP contribution in [0.4, 0.5) is 4.79 Å². The van der Waals surface area contributed by atoms with Gasteiger partial charge in [0.2, 0.25) is 5.91 Å². The van der Waals surface area contributed by atoms with Crippen LogP contribution in [0.3, 0.4) is 0 Å². The highest BCUT2D eigenvalue weighted by molar-refractivity contribution is 6.62. The number of carbonyl (C=O) groups excluding carboxylic acids is 2. The number of carbonyl (C=O) groups is 2. The van der Waals surface area contributed by atoms with Crippen LogP contribution in [0.1, 0.15) is 71.8 Å². The number of fused-ring (bicyclic) bond motifs is 7. The fraction of sp³-hybridized carbons (Fsp3) is 0.472. The Balaban J connectivity index is 1.11. The molecule has 1 aliphatic carbocycles. The summed E-state index contributed by atoms with van der Waals surface area (Å²) in [5.41, 5.74) is 5.20. The molecule has 0 bridgehead atoms. The van der Waals surface area contributed by atoms with Crippen molar-refractivity contribution in [2.45, 2.75) is 90.3 Å². The first kappa shape index (κ1) is 30.3. The molecule has 3 aliphatic heterocycles. The lowest BCUT2D eigenvalue weighted by molar-refractivity contribution is -0.136. The van der Waals surface area contributed by atoms with Gasteiger partial charge in [0.25, 0.3) is 0 Å². The van der Waals surface area contributed by atoms with Crippen LogP contribution in [-0.4, -0.2) is 64.4 Å². The highest BCUT2D eigenvalue weighted by atomic mass is 16.7. The molecular formula is C36H41BN4O6. The first-order valence-corrected chi connectivity index (χ1v) is 16.6. The highest BCUT2D eigenvalue weighted by Crippen LogP contribution is 2.53. The summed E-state index contributed by atoms with van der Waals surface area (Å²) in [5, 5.41) is 4.92. The third kappa shape index (κ3) is 4.80. The SMILES string of the molecule is COC(=O)N[C@H](C(=O)N1[C@@H]2C[C@@H]2C[C@H]1c1nc2ccc3cc4c(cc3c2[nH]1)COc1cc(B2OC(C)(C)C(C)(C)O2)ccc1-4)C(C)C. The Labute approximate surface area is 274 Å². The molecule has 11 heteroatoms. The zero-order chi connectivity index (χ0) is 33.0. The zero-order valence-corrected chi connectivity index (χ0v) is 28.0. The fourth-order valence-electron chi connectivity index (χ4n) is 7.48. The quantitative estimate of drug-likeness (QED) is 0.274. The van der Waals surface area contributed by atoms with Gasteiger partial charge in [-0.15, -0.1) is 0 Å². The van der Waals surface area contributed by atoms with Gasteiger partial charge in [-0.3, -0.25) is 4.79 Å². The van der Waals surface area contributed by atoms with Gasteiger partial charge in [-0.25, -0.2) is 9.78 Å². The first-order valence-electron chi connectivity index (χ1n) is 16.6. The van der Waals surface area contributed by atoms with Crippen LogP contribution in [0, 0.1) is 11.8 Å². The van der Waals surface area contributed by atoms with Crippen LogP contribution < -0.4 is 15.5 Å². The lowest BCUT2D eigenvalue weighted by atomic mass is 9.78. The Hall–Kier alpha value is -4.09. The number of rotatable bonds is 5. The van der Waals surface area contributed by atoms with E-state index >= 15 is 0 Å². The number of ether oxygens (including phenoxy) is 2. The molecule has 4 atom stereocenters. The van der Waals surface area contributed by atoms with Crippen molar-refractivity contribution in [3.8, 4) is 16.9 Å². The van der Waals surface area contributed by atoms with Gasteiger partial charge in [0.1, 0.15) is 24.2 Å². The van der Waals surface area contributed by atoms with Crippen molar-refractivity contribution in [3.63, 3.8) is 0 Å². The maximum Gasteiger partial charge on any atom is 0.494 e. The second kappa shape index (κ2) is 10.5. The molecule has 1 saturated carbocycles. The molecule has 3 fully saturated rings. The van der Waals surface area contributed by atoms with Crippen LogP contribution in [0.5, 0.6) is 5.75 Å². The molecule has 2 amide bonds. The van der Waals surface area contributed by atoms with Gasteiger partial charge in [-0.1, -0.05) is 32.0 Å². The number of hydrogen-bond acceptors (Lipinski definition) is 7. The van der Waals surface area contributed by atoms with Crippen molar-refractivity contribution >= 4 is 46.4 Å². The van der Waals surface area contributed by atoms with E-state index in [0.717, 1.165) is 68.4 Å². The molecule has 2 N–H and O–H groups in total. The average Bonchev–Trinajstić information content (AvgIpc) is 3.37. The van der Waals surface area contributed by atoms with Gasteiger partial charge >= 0.3 is 13.2 Å². The van der Waals surface area contributed by atoms with E-state index in [-0.39, 0.29) is 23.9 Å². The topological polar surface area (TPSA) is 115 Å². The van der Waals surface area contributed by atoms with Gasteiger partial charge < -0.3 is 34.0 Å². The van der Waals surface area contributed by atoms with Gasteiger partial charge in [-0.05, 0) is 98.6 Å². The lowest BCUT2D eigenvalue weighted by Crippen LogP contribution is -2.52. The van der Waals surface area contributed by atoms with E-state index in [4.69, 9.17) is 23.8 Å². The van der Waals surface area contributed by atoms with Crippen molar-refractivity contribution in [3.05, 3.63) is 53.9 Å². The Bertz CT molecular complexity index is 1940. The van der Waals surface area contributed by atoms with Crippen LogP contribution in [0.15, 0.2) is 42.5 Å². The van der Waals surface area contributed by atoms with E-state index in [1.54, 1.807) is 0 Å². The summed E-state index contributed by atoms with van der Waals surface area (Å²) in [5.74, 6) is 1.88. The van der Waals surface area contributed by atoms with E-state index < -0.39 is 30.5 Å². The molecule has 0 unspecified atom stereocenters. The second-order valence-corrected chi connectivity index (χ2v) is 14.9. The molecule has 4 heterocycles. The Morgan fingerprint density at radius 1 is 1.04 bits per heavy atom. The molecule has 2 saturated heterocycles. The number of likely N-dealkylation sites (tertiary alicyclic amines) is 1. The number of hydrogen-bond donors (Lipinski definition) is 2. The first-order chi connectivity index (χ1) is 22.3. The van der Waals surface area contributed by atoms with E-state index in [1.807, 2.05) is 30.9 Å². The number of aromatic amines is 1. The molecule has 1 aromatic heterocycles. The van der Waals surface area contributed by atoms with E-state index in [0.29, 0.717) is 12.5 Å². The molecular weight excluding hydrogens is 595 g/mol. The molecule has 47 heavy (non-hydrogen) atoms. The number of aromatic nitrogens is 2. The number of benzene rings is 3. The third-order valence-electron chi connectivity index (χ3n) is 11.0. The van der Waals surface area contributed by atoms with Crippen molar-refractivity contribution in [2.75, 3.05) is 7.11 Å². The summed E-state index contributed by atoms with van der Waals surface area (Å²) in [6.07, 6.45) is 1.24. The molecule has 0 spiro atoms. The van der Waals surface area contributed by atoms with Crippen molar-refractivity contribution in [2.24, 2.45) is 11.8 Å². The molecule has 4 aliphatic rings. The third-order valence-corrected chi connectivity index (χ3v) is 11.0. The minimum atomic E-state index is -0.670. The molecule has 4 aromatic rings. The summed E-state index contributed by atoms with van der Waals surface area (Å²) in [6, 6.07) is 14.1. The zero-order valence-electron chi connectivity index (χ0n) is 28.0. The van der Waals surface area contributed by atoms with Crippen molar-refractivity contribution in [1.29, 1.82) is 0 Å². The maximum atomic E-state index is 13.9. The summed E-state index contributed by atoms with van der Waals surface area (Å²) in [6.45, 7) is 12.5. The number of nitrogens with zero attached hydrogens (tertiary/aromatic N) is 2. The summed E-state index contributed by atoms with van der Waals surface area (Å²) < 4.78 is 23.7. The molecule has 0 radical (unpaired) electrons. The number of H-pyrrole nitrogens is 1. The standard InChI is InChI=1S/C36H41BN4O6/c1-18(2)30(40-34(43)44-7)33(42)41-27-14-20(27)15-28(41)32-38-26-11-8-19-12-24-21(13-25(19)31(26)39-32)17-45-29-16-22(9-10-23(24)29)37-46-35(3,4)36(5,6)47-37/h8-13,16,18,20,27-28,30H,14-15,17H2,1-7H3,(H,38,39)(H,40,43)/t20-,27-,28+,30+/m1/s1. The molecule has 244 valence electrons. The van der Waals surface area contributed by atoms with E-state index in [2.05, 4.69) is 68.3 Å². The second-order valence-electron chi connectivity index (χ2n) is 14.9. The smallest absolute Gasteiger partial charge is 0.488 e. The van der Waals surface area contributed by atoms with Gasteiger partial charge in [0, 0.05) is 17.0 Å². The van der Waals surface area contributed by atoms with Crippen LogP contribution in [0.25, 0.3) is 32.9 Å². The van der Waals surface area contributed by atoms with Crippen molar-refractivity contribution < 1.29 is 28.4 Å². The number of imidazole rings is 1. The van der Waals surface area contributed by atoms with Gasteiger partial charge in [0.15, 0.2) is 0 Å². The molecule has 10 nitrogen and oxygen atoms in total. The van der Waals surface area contributed by atoms with E-state index in [9.17, 15) is 9.59 Å². The van der Waals surface area contributed by atoms with E-state index in [1.165, 1.54) is 7.11 Å². The summed E-state index contributed by atoms with van der Waals surface area (Å²) in [7, 11) is 0.860. The van der Waals surface area contributed by atoms with Gasteiger partial charge in [-0.2, -0.15) is 0 Å². The summed E-state index contributed by atoms with van der Waals surface area (Å²) >= 11 is 0. The highest BCUT2D eigenvalue weighted by Gasteiger charge is 2.56. The predicted molar refractivity (Wildman–Crippen MR) is 179 cm³/mol. The van der Waals surface area contributed by atoms with Crippen molar-refractivity contribution in [1.82, 2.24) is 20.2 Å². The Kier molecular flexibility index (Phi) is 6.73. The van der Waals surface area contributed by atoms with Crippen LogP contribution in [0.2, 0.25) is 0 Å². The summed E-state index contributed by atoms with van der Waals surface area (Å²) in [4.78, 5) is 36.5. The number of methoxy groups -OCH3 is 1. The number of piperidine rings is 1.